The molecule has 0 aliphatic heterocycles. The van der Waals surface area contributed by atoms with Gasteiger partial charge < -0.3 is 21.3 Å². The van der Waals surface area contributed by atoms with E-state index in [2.05, 4.69) is 25.6 Å². The Morgan fingerprint density at radius 2 is 2.00 bits per heavy atom. The van der Waals surface area contributed by atoms with Gasteiger partial charge in [-0.15, -0.1) is 0 Å². The molecule has 0 spiro atoms. The van der Waals surface area contributed by atoms with E-state index in [9.17, 15) is 4.79 Å². The fourth-order valence-electron chi connectivity index (χ4n) is 1.07. The largest absolute Gasteiger partial charge is 0.368 e. The summed E-state index contributed by atoms with van der Waals surface area (Å²) < 4.78 is 0. The molecule has 1 heterocycles. The minimum atomic E-state index is -0.0732. The molecule has 0 bridgehead atoms. The zero-order chi connectivity index (χ0) is 12.8. The molecule has 94 valence electrons. The van der Waals surface area contributed by atoms with Crippen molar-refractivity contribution in [2.75, 3.05) is 43.1 Å². The molecule has 0 saturated heterocycles. The molecule has 8 nitrogen and oxygen atoms in total. The van der Waals surface area contributed by atoms with Crippen LogP contribution in [0.25, 0.3) is 0 Å². The summed E-state index contributed by atoms with van der Waals surface area (Å²) in [6, 6.07) is 0. The number of nitrogens with zero attached hydrogens (tertiary/aromatic N) is 4. The summed E-state index contributed by atoms with van der Waals surface area (Å²) in [5.74, 6) is 0.966. The van der Waals surface area contributed by atoms with Crippen molar-refractivity contribution in [2.24, 2.45) is 0 Å². The molecule has 0 atom stereocenters. The minimum Gasteiger partial charge on any atom is -0.368 e. The topological polar surface area (TPSA) is 109 Å². The van der Waals surface area contributed by atoms with Crippen LogP contribution in [-0.2, 0) is 4.79 Å². The monoisotopic (exact) mass is 239 g/mol. The summed E-state index contributed by atoms with van der Waals surface area (Å²) >= 11 is 0. The highest BCUT2D eigenvalue weighted by Crippen LogP contribution is 2.08. The summed E-state index contributed by atoms with van der Waals surface area (Å²) in [5, 5.41) is 5.61. The van der Waals surface area contributed by atoms with Crippen molar-refractivity contribution < 1.29 is 4.79 Å². The van der Waals surface area contributed by atoms with Gasteiger partial charge in [0.25, 0.3) is 0 Å². The van der Waals surface area contributed by atoms with Gasteiger partial charge in [0.05, 0.1) is 0 Å². The molecule has 8 heteroatoms. The second kappa shape index (κ2) is 5.83. The van der Waals surface area contributed by atoms with E-state index in [-0.39, 0.29) is 11.9 Å². The van der Waals surface area contributed by atoms with Gasteiger partial charge in [0.2, 0.25) is 23.8 Å². The first kappa shape index (κ1) is 12.9. The number of anilines is 3. The molecule has 1 rings (SSSR count). The van der Waals surface area contributed by atoms with Gasteiger partial charge in [-0.3, -0.25) is 4.79 Å². The normalized spacial score (nSPS) is 9.82. The molecule has 17 heavy (non-hydrogen) atoms. The Kier molecular flexibility index (Phi) is 4.44. The van der Waals surface area contributed by atoms with Gasteiger partial charge in [-0.05, 0) is 0 Å². The Hall–Kier alpha value is -2.12. The third-order valence-corrected chi connectivity index (χ3v) is 1.82. The average molecular weight is 239 g/mol. The Morgan fingerprint density at radius 3 is 2.59 bits per heavy atom. The van der Waals surface area contributed by atoms with Gasteiger partial charge >= 0.3 is 0 Å². The quantitative estimate of drug-likeness (QED) is 0.569. The lowest BCUT2D eigenvalue weighted by atomic mass is 10.6. The number of carbonyl (C=O) groups is 1. The maximum absolute atomic E-state index is 10.6. The molecule has 0 aliphatic carbocycles. The third kappa shape index (κ3) is 4.49. The molecule has 0 aliphatic rings. The predicted molar refractivity (Wildman–Crippen MR) is 65.7 cm³/mol. The molecular formula is C9H17N7O. The van der Waals surface area contributed by atoms with Crippen molar-refractivity contribution in [2.45, 2.75) is 6.92 Å². The van der Waals surface area contributed by atoms with Crippen LogP contribution in [0.5, 0.6) is 0 Å². The smallest absolute Gasteiger partial charge is 0.231 e. The second-order valence-electron chi connectivity index (χ2n) is 3.62. The number of rotatable bonds is 5. The second-order valence-corrected chi connectivity index (χ2v) is 3.62. The molecule has 0 saturated carbocycles. The van der Waals surface area contributed by atoms with Crippen LogP contribution in [0.4, 0.5) is 17.8 Å². The Bertz CT molecular complexity index is 393. The molecule has 1 amide bonds. The number of carbonyl (C=O) groups excluding carboxylic acids is 1. The molecule has 1 aromatic rings. The van der Waals surface area contributed by atoms with Crippen LogP contribution in [0.3, 0.4) is 0 Å². The SMILES string of the molecule is CC(=O)NCCNc1nc(N)nc(N(C)C)n1. The standard InChI is InChI=1S/C9H17N7O/c1-6(17)11-4-5-12-8-13-7(10)14-9(15-8)16(2)3/h4-5H2,1-3H3,(H,11,17)(H3,10,12,13,14,15). The van der Waals surface area contributed by atoms with E-state index in [1.54, 1.807) is 4.90 Å². The predicted octanol–water partition coefficient (Wildman–Crippen LogP) is -0.932. The van der Waals surface area contributed by atoms with E-state index in [0.29, 0.717) is 25.0 Å². The van der Waals surface area contributed by atoms with Gasteiger partial charge in [-0.25, -0.2) is 0 Å². The highest BCUT2D eigenvalue weighted by atomic mass is 16.1. The van der Waals surface area contributed by atoms with Crippen molar-refractivity contribution in [3.8, 4) is 0 Å². The van der Waals surface area contributed by atoms with Crippen molar-refractivity contribution in [3.63, 3.8) is 0 Å². The first-order valence-corrected chi connectivity index (χ1v) is 5.16. The van der Waals surface area contributed by atoms with Gasteiger partial charge in [0.15, 0.2) is 0 Å². The van der Waals surface area contributed by atoms with Crippen molar-refractivity contribution in [3.05, 3.63) is 0 Å². The molecular weight excluding hydrogens is 222 g/mol. The highest BCUT2D eigenvalue weighted by Gasteiger charge is 2.05. The van der Waals surface area contributed by atoms with Crippen molar-refractivity contribution in [1.29, 1.82) is 0 Å². The highest BCUT2D eigenvalue weighted by molar-refractivity contribution is 5.72. The fraction of sp³-hybridized carbons (Fsp3) is 0.556. The van der Waals surface area contributed by atoms with Crippen LogP contribution < -0.4 is 21.3 Å². The van der Waals surface area contributed by atoms with Crippen molar-refractivity contribution >= 4 is 23.8 Å². The van der Waals surface area contributed by atoms with Crippen LogP contribution >= 0.6 is 0 Å². The number of hydrogen-bond acceptors (Lipinski definition) is 7. The molecule has 1 aromatic heterocycles. The maximum atomic E-state index is 10.6. The molecule has 0 radical (unpaired) electrons. The van der Waals surface area contributed by atoms with Crippen LogP contribution in [0.15, 0.2) is 0 Å². The number of amides is 1. The van der Waals surface area contributed by atoms with E-state index in [0.717, 1.165) is 0 Å². The van der Waals surface area contributed by atoms with E-state index >= 15 is 0 Å². The van der Waals surface area contributed by atoms with E-state index in [1.165, 1.54) is 6.92 Å². The summed E-state index contributed by atoms with van der Waals surface area (Å²) in [6.45, 7) is 2.49. The van der Waals surface area contributed by atoms with E-state index in [1.807, 2.05) is 14.1 Å². The molecule has 0 fully saturated rings. The minimum absolute atomic E-state index is 0.0732. The maximum Gasteiger partial charge on any atom is 0.231 e. The zero-order valence-electron chi connectivity index (χ0n) is 10.2. The van der Waals surface area contributed by atoms with Crippen molar-refractivity contribution in [1.82, 2.24) is 20.3 Å². The molecule has 0 aromatic carbocycles. The lowest BCUT2D eigenvalue weighted by Crippen LogP contribution is -2.27. The lowest BCUT2D eigenvalue weighted by Gasteiger charge is -2.12. The Labute approximate surface area is 99.6 Å². The van der Waals surface area contributed by atoms with Gasteiger partial charge in [0, 0.05) is 34.1 Å². The van der Waals surface area contributed by atoms with Gasteiger partial charge in [-0.1, -0.05) is 0 Å². The number of hydrogen-bond donors (Lipinski definition) is 3. The Morgan fingerprint density at radius 1 is 1.29 bits per heavy atom. The van der Waals surface area contributed by atoms with E-state index in [4.69, 9.17) is 5.73 Å². The van der Waals surface area contributed by atoms with E-state index < -0.39 is 0 Å². The van der Waals surface area contributed by atoms with Crippen LogP contribution in [0.1, 0.15) is 6.92 Å². The van der Waals surface area contributed by atoms with Gasteiger partial charge in [-0.2, -0.15) is 15.0 Å². The molecule has 4 N–H and O–H groups in total. The first-order valence-electron chi connectivity index (χ1n) is 5.16. The third-order valence-electron chi connectivity index (χ3n) is 1.82. The number of nitrogens with one attached hydrogen (secondary N) is 2. The first-order chi connectivity index (χ1) is 7.99. The number of nitrogen functional groups attached to an aromatic ring is 1. The fourth-order valence-corrected chi connectivity index (χ4v) is 1.07. The lowest BCUT2D eigenvalue weighted by molar-refractivity contribution is -0.118. The molecule has 0 unspecified atom stereocenters. The summed E-state index contributed by atoms with van der Waals surface area (Å²) in [5.41, 5.74) is 5.55. The van der Waals surface area contributed by atoms with Crippen LogP contribution in [0.2, 0.25) is 0 Å². The van der Waals surface area contributed by atoms with Crippen LogP contribution in [0, 0.1) is 0 Å². The average Bonchev–Trinajstić information content (AvgIpc) is 2.23. The summed E-state index contributed by atoms with van der Waals surface area (Å²) in [4.78, 5) is 24.4. The van der Waals surface area contributed by atoms with Gasteiger partial charge in [0.1, 0.15) is 0 Å². The number of nitrogens with two attached hydrogens (primary N) is 1. The summed E-state index contributed by atoms with van der Waals surface area (Å²) in [6.07, 6.45) is 0. The zero-order valence-corrected chi connectivity index (χ0v) is 10.2. The Balaban J connectivity index is 2.55. The number of aromatic nitrogens is 3. The summed E-state index contributed by atoms with van der Waals surface area (Å²) in [7, 11) is 3.63. The van der Waals surface area contributed by atoms with Crippen LogP contribution in [-0.4, -0.2) is 48.0 Å².